The normalized spacial score (nSPS) is 21.8. The molecule has 1 aromatic rings. The van der Waals surface area contributed by atoms with Gasteiger partial charge in [-0.3, -0.25) is 9.59 Å². The Hall–Kier alpha value is -2.15. The number of likely N-dealkylation sites (N-methyl/N-ethyl adjacent to an activating group) is 1. The molecule has 0 spiro atoms. The van der Waals surface area contributed by atoms with E-state index in [9.17, 15) is 9.59 Å². The van der Waals surface area contributed by atoms with Crippen molar-refractivity contribution >= 4 is 11.8 Å². The number of pyridine rings is 1. The highest BCUT2D eigenvalue weighted by molar-refractivity contribution is 5.99. The van der Waals surface area contributed by atoms with Crippen molar-refractivity contribution in [1.29, 1.82) is 0 Å². The Bertz CT molecular complexity index is 614. The third-order valence-electron chi connectivity index (χ3n) is 4.81. The standard InChI is InChI=1S/C17H24N4O3/c1-19-9-11-20(12-10-19)17(23)14-6-4-8-21(14)16(22)13-5-3-7-18-15(13)24-2/h3,5,7,14H,4,6,8-12H2,1-2H3. The van der Waals surface area contributed by atoms with Crippen LogP contribution in [0.1, 0.15) is 23.2 Å². The van der Waals surface area contributed by atoms with E-state index >= 15 is 0 Å². The molecule has 130 valence electrons. The Morgan fingerprint density at radius 3 is 2.67 bits per heavy atom. The largest absolute Gasteiger partial charge is 0.480 e. The topological polar surface area (TPSA) is 66.0 Å². The quantitative estimate of drug-likeness (QED) is 0.805. The maximum absolute atomic E-state index is 12.9. The lowest BCUT2D eigenvalue weighted by Crippen LogP contribution is -2.53. The summed E-state index contributed by atoms with van der Waals surface area (Å²) >= 11 is 0. The van der Waals surface area contributed by atoms with Crippen molar-refractivity contribution in [2.24, 2.45) is 0 Å². The zero-order valence-electron chi connectivity index (χ0n) is 14.3. The maximum Gasteiger partial charge on any atom is 0.260 e. The lowest BCUT2D eigenvalue weighted by molar-refractivity contribution is -0.136. The van der Waals surface area contributed by atoms with Crippen molar-refractivity contribution < 1.29 is 14.3 Å². The van der Waals surface area contributed by atoms with Gasteiger partial charge >= 0.3 is 0 Å². The molecule has 3 rings (SSSR count). The average molecular weight is 332 g/mol. The summed E-state index contributed by atoms with van der Waals surface area (Å²) in [5, 5.41) is 0. The number of hydrogen-bond donors (Lipinski definition) is 0. The first-order valence-corrected chi connectivity index (χ1v) is 8.39. The van der Waals surface area contributed by atoms with Crippen molar-refractivity contribution in [3.8, 4) is 5.88 Å². The molecule has 1 atom stereocenters. The van der Waals surface area contributed by atoms with E-state index in [0.29, 0.717) is 18.0 Å². The van der Waals surface area contributed by atoms with E-state index in [0.717, 1.165) is 39.0 Å². The van der Waals surface area contributed by atoms with Gasteiger partial charge in [0.25, 0.3) is 5.91 Å². The van der Waals surface area contributed by atoms with Gasteiger partial charge in [0.2, 0.25) is 11.8 Å². The molecule has 2 saturated heterocycles. The first-order chi connectivity index (χ1) is 11.6. The molecule has 0 saturated carbocycles. The van der Waals surface area contributed by atoms with Crippen molar-refractivity contribution in [3.63, 3.8) is 0 Å². The molecule has 2 aliphatic heterocycles. The second-order valence-corrected chi connectivity index (χ2v) is 6.35. The number of carbonyl (C=O) groups is 2. The number of hydrogen-bond acceptors (Lipinski definition) is 5. The second-order valence-electron chi connectivity index (χ2n) is 6.35. The molecule has 24 heavy (non-hydrogen) atoms. The van der Waals surface area contributed by atoms with Crippen LogP contribution in [0.3, 0.4) is 0 Å². The highest BCUT2D eigenvalue weighted by Gasteiger charge is 2.38. The van der Waals surface area contributed by atoms with E-state index in [4.69, 9.17) is 4.74 Å². The number of carbonyl (C=O) groups excluding carboxylic acids is 2. The van der Waals surface area contributed by atoms with Crippen LogP contribution in [-0.2, 0) is 4.79 Å². The van der Waals surface area contributed by atoms with Gasteiger partial charge in [0, 0.05) is 38.9 Å². The summed E-state index contributed by atoms with van der Waals surface area (Å²) < 4.78 is 5.19. The lowest BCUT2D eigenvalue weighted by atomic mass is 10.1. The Morgan fingerprint density at radius 2 is 1.96 bits per heavy atom. The number of piperazine rings is 1. The van der Waals surface area contributed by atoms with Crippen LogP contribution in [0.5, 0.6) is 5.88 Å². The number of rotatable bonds is 3. The first-order valence-electron chi connectivity index (χ1n) is 8.39. The summed E-state index contributed by atoms with van der Waals surface area (Å²) in [4.78, 5) is 35.6. The molecule has 7 nitrogen and oxygen atoms in total. The van der Waals surface area contributed by atoms with Crippen molar-refractivity contribution in [2.45, 2.75) is 18.9 Å². The summed E-state index contributed by atoms with van der Waals surface area (Å²) in [6, 6.07) is 3.04. The zero-order chi connectivity index (χ0) is 17.1. The lowest BCUT2D eigenvalue weighted by Gasteiger charge is -2.35. The molecule has 0 radical (unpaired) electrons. The highest BCUT2D eigenvalue weighted by Crippen LogP contribution is 2.25. The fourth-order valence-electron chi connectivity index (χ4n) is 3.38. The Morgan fingerprint density at radius 1 is 1.21 bits per heavy atom. The summed E-state index contributed by atoms with van der Waals surface area (Å²) in [6.07, 6.45) is 3.16. The third kappa shape index (κ3) is 3.21. The van der Waals surface area contributed by atoms with Gasteiger partial charge < -0.3 is 19.4 Å². The van der Waals surface area contributed by atoms with Crippen LogP contribution in [-0.4, -0.2) is 84.4 Å². The predicted molar refractivity (Wildman–Crippen MR) is 88.9 cm³/mol. The maximum atomic E-state index is 12.9. The number of aromatic nitrogens is 1. The van der Waals surface area contributed by atoms with Crippen LogP contribution in [0, 0.1) is 0 Å². The molecule has 0 aliphatic carbocycles. The SMILES string of the molecule is COc1ncccc1C(=O)N1CCCC1C(=O)N1CCN(C)CC1. The molecule has 3 heterocycles. The van der Waals surface area contributed by atoms with Crippen LogP contribution in [0.25, 0.3) is 0 Å². The van der Waals surface area contributed by atoms with Gasteiger partial charge in [0.1, 0.15) is 11.6 Å². The minimum atomic E-state index is -0.370. The molecule has 2 amide bonds. The molecule has 1 aromatic heterocycles. The molecule has 0 aromatic carbocycles. The van der Waals surface area contributed by atoms with E-state index in [1.165, 1.54) is 7.11 Å². The Balaban J connectivity index is 1.75. The van der Waals surface area contributed by atoms with Gasteiger partial charge in [-0.25, -0.2) is 4.98 Å². The van der Waals surface area contributed by atoms with Gasteiger partial charge in [-0.05, 0) is 32.0 Å². The number of ether oxygens (including phenoxy) is 1. The van der Waals surface area contributed by atoms with E-state index in [1.54, 1.807) is 23.2 Å². The molecule has 0 N–H and O–H groups in total. The van der Waals surface area contributed by atoms with Crippen LogP contribution in [0.4, 0.5) is 0 Å². The minimum absolute atomic E-state index is 0.0665. The van der Waals surface area contributed by atoms with E-state index in [2.05, 4.69) is 16.9 Å². The summed E-state index contributed by atoms with van der Waals surface area (Å²) in [5.74, 6) is 0.196. The van der Waals surface area contributed by atoms with E-state index < -0.39 is 0 Å². The fraction of sp³-hybridized carbons (Fsp3) is 0.588. The third-order valence-corrected chi connectivity index (χ3v) is 4.81. The Labute approximate surface area is 142 Å². The molecular formula is C17H24N4O3. The van der Waals surface area contributed by atoms with Crippen molar-refractivity contribution in [1.82, 2.24) is 19.7 Å². The monoisotopic (exact) mass is 332 g/mol. The number of nitrogens with zero attached hydrogens (tertiary/aromatic N) is 4. The highest BCUT2D eigenvalue weighted by atomic mass is 16.5. The molecule has 7 heteroatoms. The summed E-state index contributed by atoms with van der Waals surface area (Å²) in [7, 11) is 3.55. The van der Waals surface area contributed by atoms with Crippen LogP contribution in [0.2, 0.25) is 0 Å². The molecule has 0 bridgehead atoms. The minimum Gasteiger partial charge on any atom is -0.480 e. The van der Waals surface area contributed by atoms with Gasteiger partial charge in [-0.2, -0.15) is 0 Å². The van der Waals surface area contributed by atoms with Gasteiger partial charge in [-0.1, -0.05) is 0 Å². The van der Waals surface area contributed by atoms with Crippen molar-refractivity contribution in [3.05, 3.63) is 23.9 Å². The second kappa shape index (κ2) is 7.17. The Kier molecular flexibility index (Phi) is 4.99. The predicted octanol–water partition coefficient (Wildman–Crippen LogP) is 0.469. The van der Waals surface area contributed by atoms with Gasteiger partial charge in [0.15, 0.2) is 0 Å². The fourth-order valence-corrected chi connectivity index (χ4v) is 3.38. The van der Waals surface area contributed by atoms with Crippen LogP contribution in [0.15, 0.2) is 18.3 Å². The van der Waals surface area contributed by atoms with Crippen molar-refractivity contribution in [2.75, 3.05) is 46.9 Å². The van der Waals surface area contributed by atoms with E-state index in [-0.39, 0.29) is 17.9 Å². The van der Waals surface area contributed by atoms with Crippen LogP contribution < -0.4 is 4.74 Å². The number of likely N-dealkylation sites (tertiary alicyclic amines) is 1. The van der Waals surface area contributed by atoms with Gasteiger partial charge in [0.05, 0.1) is 7.11 Å². The summed E-state index contributed by atoms with van der Waals surface area (Å²) in [6.45, 7) is 3.81. The molecule has 2 aliphatic rings. The molecule has 2 fully saturated rings. The zero-order valence-corrected chi connectivity index (χ0v) is 14.3. The smallest absolute Gasteiger partial charge is 0.260 e. The van der Waals surface area contributed by atoms with Crippen LogP contribution >= 0.6 is 0 Å². The number of amides is 2. The van der Waals surface area contributed by atoms with E-state index in [1.807, 2.05) is 4.90 Å². The number of methoxy groups -OCH3 is 1. The molecule has 1 unspecified atom stereocenters. The average Bonchev–Trinajstić information content (AvgIpc) is 3.10. The first kappa shape index (κ1) is 16.7. The summed E-state index contributed by atoms with van der Waals surface area (Å²) in [5.41, 5.74) is 0.415. The molecular weight excluding hydrogens is 308 g/mol. The van der Waals surface area contributed by atoms with Gasteiger partial charge in [-0.15, -0.1) is 0 Å².